The quantitative estimate of drug-likeness (QED) is 0.791. The van der Waals surface area contributed by atoms with Crippen LogP contribution in [0.4, 0.5) is 5.82 Å². The molecular formula is C11H18N4. The number of hydrogen-bond donors (Lipinski definition) is 1. The molecular weight excluding hydrogens is 188 g/mol. The molecule has 2 rings (SSSR count). The molecule has 82 valence electrons. The summed E-state index contributed by atoms with van der Waals surface area (Å²) in [6.45, 7) is 4.25. The first kappa shape index (κ1) is 10.4. The van der Waals surface area contributed by atoms with E-state index in [2.05, 4.69) is 27.5 Å². The van der Waals surface area contributed by atoms with Crippen LogP contribution in [0.5, 0.6) is 0 Å². The maximum atomic E-state index is 4.12. The normalized spacial score (nSPS) is 22.7. The number of aromatic nitrogens is 2. The van der Waals surface area contributed by atoms with Gasteiger partial charge in [0.15, 0.2) is 0 Å². The lowest BCUT2D eigenvalue weighted by Gasteiger charge is -2.30. The van der Waals surface area contributed by atoms with E-state index in [0.29, 0.717) is 6.04 Å². The predicted octanol–water partition coefficient (Wildman–Crippen LogP) is 1.29. The van der Waals surface area contributed by atoms with Crippen molar-refractivity contribution in [1.29, 1.82) is 0 Å². The number of hydrogen-bond acceptors (Lipinski definition) is 4. The summed E-state index contributed by atoms with van der Waals surface area (Å²) in [5.41, 5.74) is 0.960. The zero-order valence-electron chi connectivity index (χ0n) is 9.40. The summed E-state index contributed by atoms with van der Waals surface area (Å²) in [5.74, 6) is 0.890. The van der Waals surface area contributed by atoms with Crippen LogP contribution in [0.2, 0.25) is 0 Å². The van der Waals surface area contributed by atoms with Crippen molar-refractivity contribution in [3.05, 3.63) is 17.8 Å². The summed E-state index contributed by atoms with van der Waals surface area (Å²) in [7, 11) is 2.16. The predicted molar refractivity (Wildman–Crippen MR) is 60.9 cm³/mol. The van der Waals surface area contributed by atoms with Gasteiger partial charge >= 0.3 is 0 Å². The highest BCUT2D eigenvalue weighted by molar-refractivity contribution is 5.34. The van der Waals surface area contributed by atoms with Crippen LogP contribution in [0.1, 0.15) is 18.5 Å². The zero-order valence-corrected chi connectivity index (χ0v) is 9.40. The lowest BCUT2D eigenvalue weighted by atomic mass is 10.1. The Bertz CT molecular complexity index is 309. The fourth-order valence-electron chi connectivity index (χ4n) is 1.97. The maximum Gasteiger partial charge on any atom is 0.148 e. The summed E-state index contributed by atoms with van der Waals surface area (Å²) < 4.78 is 0. The number of nitrogens with one attached hydrogen (secondary N) is 1. The fourth-order valence-corrected chi connectivity index (χ4v) is 1.97. The molecule has 0 saturated carbocycles. The number of likely N-dealkylation sites (tertiary alicyclic amines) is 1. The third-order valence-electron chi connectivity index (χ3n) is 2.77. The molecule has 1 aromatic rings. The minimum Gasteiger partial charge on any atom is -0.365 e. The van der Waals surface area contributed by atoms with E-state index < -0.39 is 0 Å². The van der Waals surface area contributed by atoms with E-state index in [1.807, 2.05) is 19.1 Å². The van der Waals surface area contributed by atoms with Gasteiger partial charge in [0, 0.05) is 12.6 Å². The van der Waals surface area contributed by atoms with Gasteiger partial charge in [-0.25, -0.2) is 0 Å². The molecule has 1 aliphatic rings. The van der Waals surface area contributed by atoms with Gasteiger partial charge in [-0.15, -0.1) is 5.10 Å². The molecule has 0 spiro atoms. The third-order valence-corrected chi connectivity index (χ3v) is 2.77. The standard InChI is InChI=1S/C11H18N4/c1-9-5-6-11(14-13-9)12-10-4-3-7-15(2)8-10/h5-6,10H,3-4,7-8H2,1-2H3,(H,12,14). The van der Waals surface area contributed by atoms with Gasteiger partial charge in [-0.2, -0.15) is 5.10 Å². The number of anilines is 1. The smallest absolute Gasteiger partial charge is 0.148 e. The first-order chi connectivity index (χ1) is 7.24. The van der Waals surface area contributed by atoms with Crippen LogP contribution >= 0.6 is 0 Å². The van der Waals surface area contributed by atoms with E-state index in [0.717, 1.165) is 18.1 Å². The average molecular weight is 206 g/mol. The minimum atomic E-state index is 0.515. The van der Waals surface area contributed by atoms with Crippen LogP contribution in [0.3, 0.4) is 0 Å². The van der Waals surface area contributed by atoms with E-state index >= 15 is 0 Å². The fraction of sp³-hybridized carbons (Fsp3) is 0.636. The van der Waals surface area contributed by atoms with Crippen molar-refractivity contribution in [2.45, 2.75) is 25.8 Å². The van der Waals surface area contributed by atoms with Gasteiger partial charge in [0.1, 0.15) is 5.82 Å². The molecule has 4 nitrogen and oxygen atoms in total. The topological polar surface area (TPSA) is 41.0 Å². The molecule has 1 aromatic heterocycles. The molecule has 0 radical (unpaired) electrons. The molecule has 1 fully saturated rings. The molecule has 1 unspecified atom stereocenters. The number of rotatable bonds is 2. The summed E-state index contributed by atoms with van der Waals surface area (Å²) >= 11 is 0. The molecule has 2 heterocycles. The highest BCUT2D eigenvalue weighted by atomic mass is 15.2. The van der Waals surface area contributed by atoms with Crippen molar-refractivity contribution in [1.82, 2.24) is 15.1 Å². The largest absolute Gasteiger partial charge is 0.365 e. The van der Waals surface area contributed by atoms with Crippen LogP contribution in [0, 0.1) is 6.92 Å². The van der Waals surface area contributed by atoms with Gasteiger partial charge in [0.25, 0.3) is 0 Å². The van der Waals surface area contributed by atoms with Crippen LogP contribution in [-0.2, 0) is 0 Å². The van der Waals surface area contributed by atoms with Crippen molar-refractivity contribution in [2.75, 3.05) is 25.5 Å². The molecule has 0 amide bonds. The zero-order chi connectivity index (χ0) is 10.7. The van der Waals surface area contributed by atoms with Crippen LogP contribution < -0.4 is 5.32 Å². The Balaban J connectivity index is 1.93. The van der Waals surface area contributed by atoms with Gasteiger partial charge in [-0.1, -0.05) is 0 Å². The summed E-state index contributed by atoms with van der Waals surface area (Å²) in [6, 6.07) is 4.50. The van der Waals surface area contributed by atoms with Gasteiger partial charge in [0.05, 0.1) is 5.69 Å². The number of nitrogens with zero attached hydrogens (tertiary/aromatic N) is 3. The number of likely N-dealkylation sites (N-methyl/N-ethyl adjacent to an activating group) is 1. The van der Waals surface area contributed by atoms with Gasteiger partial charge < -0.3 is 10.2 Å². The summed E-state index contributed by atoms with van der Waals surface area (Å²) in [6.07, 6.45) is 2.48. The Morgan fingerprint density at radius 3 is 2.93 bits per heavy atom. The van der Waals surface area contributed by atoms with Crippen molar-refractivity contribution in [3.8, 4) is 0 Å². The van der Waals surface area contributed by atoms with Crippen molar-refractivity contribution >= 4 is 5.82 Å². The molecule has 1 saturated heterocycles. The highest BCUT2D eigenvalue weighted by Gasteiger charge is 2.16. The highest BCUT2D eigenvalue weighted by Crippen LogP contribution is 2.12. The molecule has 0 aromatic carbocycles. The molecule has 0 aliphatic carbocycles. The molecule has 15 heavy (non-hydrogen) atoms. The second-order valence-electron chi connectivity index (χ2n) is 4.31. The van der Waals surface area contributed by atoms with Gasteiger partial charge in [-0.3, -0.25) is 0 Å². The number of piperidine rings is 1. The molecule has 1 N–H and O–H groups in total. The second kappa shape index (κ2) is 4.57. The van der Waals surface area contributed by atoms with E-state index in [-0.39, 0.29) is 0 Å². The monoisotopic (exact) mass is 206 g/mol. The minimum absolute atomic E-state index is 0.515. The van der Waals surface area contributed by atoms with Crippen LogP contribution in [0.15, 0.2) is 12.1 Å². The first-order valence-electron chi connectivity index (χ1n) is 5.49. The Morgan fingerprint density at radius 1 is 1.40 bits per heavy atom. The lowest BCUT2D eigenvalue weighted by Crippen LogP contribution is -2.39. The lowest BCUT2D eigenvalue weighted by molar-refractivity contribution is 0.260. The Kier molecular flexibility index (Phi) is 3.16. The van der Waals surface area contributed by atoms with E-state index in [4.69, 9.17) is 0 Å². The molecule has 0 bridgehead atoms. The second-order valence-corrected chi connectivity index (χ2v) is 4.31. The number of aryl methyl sites for hydroxylation is 1. The van der Waals surface area contributed by atoms with Crippen molar-refractivity contribution < 1.29 is 0 Å². The van der Waals surface area contributed by atoms with Crippen molar-refractivity contribution in [3.63, 3.8) is 0 Å². The van der Waals surface area contributed by atoms with Crippen molar-refractivity contribution in [2.24, 2.45) is 0 Å². The molecule has 1 atom stereocenters. The van der Waals surface area contributed by atoms with Gasteiger partial charge in [-0.05, 0) is 45.5 Å². The van der Waals surface area contributed by atoms with E-state index in [9.17, 15) is 0 Å². The molecule has 4 heteroatoms. The Labute approximate surface area is 90.7 Å². The SMILES string of the molecule is Cc1ccc(NC2CCCN(C)C2)nn1. The Morgan fingerprint density at radius 2 is 2.27 bits per heavy atom. The first-order valence-corrected chi connectivity index (χ1v) is 5.49. The van der Waals surface area contributed by atoms with E-state index in [1.54, 1.807) is 0 Å². The maximum absolute atomic E-state index is 4.12. The van der Waals surface area contributed by atoms with Crippen LogP contribution in [-0.4, -0.2) is 41.3 Å². The van der Waals surface area contributed by atoms with Crippen LogP contribution in [0.25, 0.3) is 0 Å². The average Bonchev–Trinajstić information content (AvgIpc) is 2.22. The summed E-state index contributed by atoms with van der Waals surface area (Å²) in [4.78, 5) is 2.35. The van der Waals surface area contributed by atoms with E-state index in [1.165, 1.54) is 19.4 Å². The van der Waals surface area contributed by atoms with Gasteiger partial charge in [0.2, 0.25) is 0 Å². The Hall–Kier alpha value is -1.16. The molecule has 1 aliphatic heterocycles. The third kappa shape index (κ3) is 2.89. The summed E-state index contributed by atoms with van der Waals surface area (Å²) in [5, 5.41) is 11.6.